The van der Waals surface area contributed by atoms with Crippen LogP contribution in [0, 0.1) is 10.6 Å². The van der Waals surface area contributed by atoms with Gasteiger partial charge in [-0.15, -0.1) is 0 Å². The van der Waals surface area contributed by atoms with Crippen molar-refractivity contribution in [3.05, 3.63) is 27.2 Å². The van der Waals surface area contributed by atoms with Crippen molar-refractivity contribution in [1.82, 2.24) is 9.55 Å². The summed E-state index contributed by atoms with van der Waals surface area (Å²) in [5.41, 5.74) is 1.90. The van der Waals surface area contributed by atoms with Crippen LogP contribution in [0.25, 0.3) is 11.0 Å². The number of hydrogen-bond donors (Lipinski definition) is 1. The van der Waals surface area contributed by atoms with Crippen LogP contribution < -0.4 is 0 Å². The van der Waals surface area contributed by atoms with E-state index in [1.54, 1.807) is 0 Å². The molecule has 0 aliphatic heterocycles. The van der Waals surface area contributed by atoms with Crippen molar-refractivity contribution >= 4 is 39.2 Å². The molecule has 1 aliphatic carbocycles. The molecule has 0 saturated heterocycles. The van der Waals surface area contributed by atoms with E-state index in [4.69, 9.17) is 12.2 Å². The fourth-order valence-electron chi connectivity index (χ4n) is 2.89. The summed E-state index contributed by atoms with van der Waals surface area (Å²) in [7, 11) is 0. The molecule has 1 heterocycles. The molecule has 2 aromatic rings. The van der Waals surface area contributed by atoms with Gasteiger partial charge in [0.1, 0.15) is 5.82 Å². The predicted octanol–water partition coefficient (Wildman–Crippen LogP) is 4.89. The summed E-state index contributed by atoms with van der Waals surface area (Å²) in [6, 6.07) is 3.33. The van der Waals surface area contributed by atoms with E-state index in [1.807, 2.05) is 6.07 Å². The highest BCUT2D eigenvalue weighted by Crippen LogP contribution is 2.44. The summed E-state index contributed by atoms with van der Waals surface area (Å²) in [6.45, 7) is 2.19. The van der Waals surface area contributed by atoms with Gasteiger partial charge in [-0.25, -0.2) is 4.39 Å². The summed E-state index contributed by atoms with van der Waals surface area (Å²) in [6.07, 6.45) is 4.60. The van der Waals surface area contributed by atoms with Gasteiger partial charge in [0, 0.05) is 11.6 Å². The van der Waals surface area contributed by atoms with Crippen LogP contribution in [0.3, 0.4) is 0 Å². The summed E-state index contributed by atoms with van der Waals surface area (Å²) < 4.78 is 16.9. The van der Waals surface area contributed by atoms with Gasteiger partial charge in [0.25, 0.3) is 0 Å². The number of aromatic nitrogens is 2. The normalized spacial score (nSPS) is 17.9. The van der Waals surface area contributed by atoms with Gasteiger partial charge in [0.2, 0.25) is 0 Å². The van der Waals surface area contributed by atoms with Crippen LogP contribution >= 0.6 is 28.1 Å². The maximum absolute atomic E-state index is 13.6. The molecule has 2 nitrogen and oxygen atoms in total. The molecule has 0 radical (unpaired) electrons. The van der Waals surface area contributed by atoms with Gasteiger partial charge in [-0.2, -0.15) is 0 Å². The Bertz CT molecular complexity index is 664. The van der Waals surface area contributed by atoms with Crippen LogP contribution in [0.15, 0.2) is 16.6 Å². The average Bonchev–Trinajstić information content (AvgIpc) is 2.57. The molecule has 0 atom stereocenters. The number of rotatable bonds is 2. The van der Waals surface area contributed by atoms with Crippen molar-refractivity contribution in [1.29, 1.82) is 0 Å². The first-order valence-electron chi connectivity index (χ1n) is 6.18. The van der Waals surface area contributed by atoms with Gasteiger partial charge in [-0.05, 0) is 59.9 Å². The second kappa shape index (κ2) is 4.17. The molecule has 3 rings (SSSR count). The first kappa shape index (κ1) is 12.4. The number of nitrogens with zero attached hydrogens (tertiary/aromatic N) is 1. The van der Waals surface area contributed by atoms with E-state index in [9.17, 15) is 4.39 Å². The van der Waals surface area contributed by atoms with E-state index < -0.39 is 0 Å². The SMILES string of the molecule is CCC1(n2c(=S)[nH]c3cc(F)c(Br)cc32)CCC1. The van der Waals surface area contributed by atoms with E-state index in [2.05, 4.69) is 32.4 Å². The number of aromatic amines is 1. The van der Waals surface area contributed by atoms with Crippen molar-refractivity contribution in [2.45, 2.75) is 38.1 Å². The highest BCUT2D eigenvalue weighted by molar-refractivity contribution is 9.10. The smallest absolute Gasteiger partial charge is 0.178 e. The van der Waals surface area contributed by atoms with Crippen LogP contribution in [0.2, 0.25) is 0 Å². The number of imidazole rings is 1. The zero-order chi connectivity index (χ0) is 12.9. The van der Waals surface area contributed by atoms with Crippen LogP contribution in [0.5, 0.6) is 0 Å². The van der Waals surface area contributed by atoms with Gasteiger partial charge in [0.15, 0.2) is 4.77 Å². The van der Waals surface area contributed by atoms with E-state index in [1.165, 1.54) is 12.5 Å². The predicted molar refractivity (Wildman–Crippen MR) is 76.9 cm³/mol. The number of H-pyrrole nitrogens is 1. The largest absolute Gasteiger partial charge is 0.330 e. The maximum atomic E-state index is 13.6. The molecule has 1 N–H and O–H groups in total. The molecule has 0 amide bonds. The Hall–Kier alpha value is -0.680. The lowest BCUT2D eigenvalue weighted by Crippen LogP contribution is -2.39. The van der Waals surface area contributed by atoms with Crippen molar-refractivity contribution in [2.24, 2.45) is 0 Å². The quantitative estimate of drug-likeness (QED) is 0.778. The Morgan fingerprint density at radius 1 is 1.50 bits per heavy atom. The number of fused-ring (bicyclic) bond motifs is 1. The van der Waals surface area contributed by atoms with E-state index in [-0.39, 0.29) is 11.4 Å². The molecule has 1 aliphatic rings. The third-order valence-corrected chi connectivity index (χ3v) is 5.03. The van der Waals surface area contributed by atoms with E-state index in [0.29, 0.717) is 9.24 Å². The molecule has 96 valence electrons. The Labute approximate surface area is 118 Å². The van der Waals surface area contributed by atoms with Gasteiger partial charge in [-0.3, -0.25) is 0 Å². The summed E-state index contributed by atoms with van der Waals surface area (Å²) >= 11 is 8.68. The molecular weight excluding hydrogens is 315 g/mol. The molecule has 1 aromatic carbocycles. The standard InChI is InChI=1S/C13H14BrFN2S/c1-2-13(4-3-5-13)17-11-6-8(14)9(15)7-10(11)16-12(17)18/h6-7H,2-5H2,1H3,(H,16,18). The minimum absolute atomic E-state index is 0.132. The average molecular weight is 329 g/mol. The Kier molecular flexibility index (Phi) is 2.86. The Morgan fingerprint density at radius 3 is 2.78 bits per heavy atom. The van der Waals surface area contributed by atoms with Crippen molar-refractivity contribution < 1.29 is 4.39 Å². The van der Waals surface area contributed by atoms with Crippen molar-refractivity contribution in [3.8, 4) is 0 Å². The van der Waals surface area contributed by atoms with Crippen LogP contribution in [-0.4, -0.2) is 9.55 Å². The first-order chi connectivity index (χ1) is 8.57. The van der Waals surface area contributed by atoms with Crippen molar-refractivity contribution in [2.75, 3.05) is 0 Å². The fourth-order valence-corrected chi connectivity index (χ4v) is 3.63. The third kappa shape index (κ3) is 1.60. The van der Waals surface area contributed by atoms with Gasteiger partial charge >= 0.3 is 0 Å². The molecule has 0 spiro atoms. The maximum Gasteiger partial charge on any atom is 0.178 e. The first-order valence-corrected chi connectivity index (χ1v) is 7.38. The van der Waals surface area contributed by atoms with Gasteiger partial charge in [-0.1, -0.05) is 6.92 Å². The Balaban J connectivity index is 2.32. The highest BCUT2D eigenvalue weighted by atomic mass is 79.9. The lowest BCUT2D eigenvalue weighted by atomic mass is 9.74. The van der Waals surface area contributed by atoms with Gasteiger partial charge in [0.05, 0.1) is 15.5 Å². The third-order valence-electron chi connectivity index (χ3n) is 4.14. The van der Waals surface area contributed by atoms with E-state index in [0.717, 1.165) is 30.3 Å². The summed E-state index contributed by atoms with van der Waals surface area (Å²) in [5, 5.41) is 0. The second-order valence-electron chi connectivity index (χ2n) is 4.98. The molecule has 1 fully saturated rings. The molecule has 5 heteroatoms. The molecule has 18 heavy (non-hydrogen) atoms. The van der Waals surface area contributed by atoms with Crippen LogP contribution in [0.1, 0.15) is 32.6 Å². The van der Waals surface area contributed by atoms with Crippen molar-refractivity contribution in [3.63, 3.8) is 0 Å². The molecule has 0 bridgehead atoms. The number of benzene rings is 1. The van der Waals surface area contributed by atoms with E-state index >= 15 is 0 Å². The lowest BCUT2D eigenvalue weighted by molar-refractivity contribution is 0.140. The monoisotopic (exact) mass is 328 g/mol. The minimum Gasteiger partial charge on any atom is -0.330 e. The summed E-state index contributed by atoms with van der Waals surface area (Å²) in [5.74, 6) is -0.259. The highest BCUT2D eigenvalue weighted by Gasteiger charge is 2.38. The number of halogens is 2. The topological polar surface area (TPSA) is 20.7 Å². The molecular formula is C13H14BrFN2S. The molecule has 0 unspecified atom stereocenters. The van der Waals surface area contributed by atoms with Crippen LogP contribution in [0.4, 0.5) is 4.39 Å². The number of hydrogen-bond acceptors (Lipinski definition) is 1. The minimum atomic E-state index is -0.259. The lowest BCUT2D eigenvalue weighted by Gasteiger charge is -2.43. The fraction of sp³-hybridized carbons (Fsp3) is 0.462. The Morgan fingerprint density at radius 2 is 2.22 bits per heavy atom. The number of nitrogens with one attached hydrogen (secondary N) is 1. The second-order valence-corrected chi connectivity index (χ2v) is 6.22. The zero-order valence-corrected chi connectivity index (χ0v) is 12.5. The van der Waals surface area contributed by atoms with Crippen LogP contribution in [-0.2, 0) is 5.54 Å². The van der Waals surface area contributed by atoms with Gasteiger partial charge < -0.3 is 9.55 Å². The summed E-state index contributed by atoms with van der Waals surface area (Å²) in [4.78, 5) is 3.12. The molecule has 1 saturated carbocycles. The zero-order valence-electron chi connectivity index (χ0n) is 10.1. The molecule has 1 aromatic heterocycles.